The van der Waals surface area contributed by atoms with Crippen LogP contribution < -0.4 is 5.32 Å². The molecule has 1 atom stereocenters. The van der Waals surface area contributed by atoms with E-state index in [0.29, 0.717) is 32.2 Å². The van der Waals surface area contributed by atoms with Crippen LogP contribution in [0.5, 0.6) is 0 Å². The van der Waals surface area contributed by atoms with E-state index in [0.717, 1.165) is 19.3 Å². The highest BCUT2D eigenvalue weighted by molar-refractivity contribution is 5.79. The van der Waals surface area contributed by atoms with Crippen molar-refractivity contribution in [3.05, 3.63) is 0 Å². The van der Waals surface area contributed by atoms with Gasteiger partial charge in [-0.15, -0.1) is 0 Å². The number of carbonyl (C=O) groups is 2. The molecule has 1 unspecified atom stereocenters. The Morgan fingerprint density at radius 2 is 1.62 bits per heavy atom. The molecule has 0 spiro atoms. The fraction of sp³-hybridized carbons (Fsp3) is 0.875. The molecule has 0 aromatic rings. The Balaban J connectivity index is 1.75. The number of amides is 3. The minimum Gasteiger partial charge on any atom is -0.339 e. The summed E-state index contributed by atoms with van der Waals surface area (Å²) >= 11 is 0. The molecule has 1 saturated carbocycles. The van der Waals surface area contributed by atoms with Gasteiger partial charge in [0.2, 0.25) is 5.91 Å². The fourth-order valence-corrected chi connectivity index (χ4v) is 3.13. The quantitative estimate of drug-likeness (QED) is 0.868. The van der Waals surface area contributed by atoms with Crippen molar-refractivity contribution in [1.29, 1.82) is 0 Å². The second kappa shape index (κ2) is 7.66. The number of rotatable bonds is 3. The monoisotopic (exact) mass is 295 g/mol. The summed E-state index contributed by atoms with van der Waals surface area (Å²) in [5.74, 6) is 0.317. The van der Waals surface area contributed by atoms with Crippen LogP contribution in [0.15, 0.2) is 0 Å². The molecule has 5 heteroatoms. The molecule has 1 aliphatic heterocycles. The first kappa shape index (κ1) is 16.1. The Hall–Kier alpha value is -1.26. The van der Waals surface area contributed by atoms with Crippen LogP contribution in [-0.4, -0.2) is 54.0 Å². The first-order valence-corrected chi connectivity index (χ1v) is 8.46. The molecule has 1 N–H and O–H groups in total. The summed E-state index contributed by atoms with van der Waals surface area (Å²) in [4.78, 5) is 28.1. The van der Waals surface area contributed by atoms with Crippen molar-refractivity contribution in [2.45, 2.75) is 58.4 Å². The zero-order chi connectivity index (χ0) is 15.2. The van der Waals surface area contributed by atoms with Crippen molar-refractivity contribution >= 4 is 11.9 Å². The van der Waals surface area contributed by atoms with Crippen molar-refractivity contribution in [2.24, 2.45) is 5.92 Å². The van der Waals surface area contributed by atoms with Crippen LogP contribution in [0.25, 0.3) is 0 Å². The van der Waals surface area contributed by atoms with Gasteiger partial charge in [-0.05, 0) is 19.3 Å². The number of hydrogen-bond donors (Lipinski definition) is 1. The Bertz CT molecular complexity index is 359. The third kappa shape index (κ3) is 4.35. The molecule has 2 aliphatic rings. The van der Waals surface area contributed by atoms with Gasteiger partial charge < -0.3 is 15.1 Å². The Kier molecular flexibility index (Phi) is 5.88. The van der Waals surface area contributed by atoms with E-state index in [4.69, 9.17) is 0 Å². The molecule has 1 aliphatic carbocycles. The second-order valence-electron chi connectivity index (χ2n) is 6.41. The van der Waals surface area contributed by atoms with Gasteiger partial charge in [-0.1, -0.05) is 33.1 Å². The molecule has 2 fully saturated rings. The number of hydrogen-bond acceptors (Lipinski definition) is 2. The number of urea groups is 1. The van der Waals surface area contributed by atoms with Crippen LogP contribution >= 0.6 is 0 Å². The van der Waals surface area contributed by atoms with Crippen molar-refractivity contribution in [1.82, 2.24) is 15.1 Å². The van der Waals surface area contributed by atoms with Gasteiger partial charge in [-0.2, -0.15) is 0 Å². The minimum atomic E-state index is 0.0533. The van der Waals surface area contributed by atoms with Crippen molar-refractivity contribution in [3.8, 4) is 0 Å². The Morgan fingerprint density at radius 3 is 2.19 bits per heavy atom. The molecule has 120 valence electrons. The number of piperazine rings is 1. The summed E-state index contributed by atoms with van der Waals surface area (Å²) in [6, 6.07) is 0.406. The average molecular weight is 295 g/mol. The summed E-state index contributed by atoms with van der Waals surface area (Å²) in [5, 5.41) is 3.15. The highest BCUT2D eigenvalue weighted by atomic mass is 16.2. The van der Waals surface area contributed by atoms with Crippen molar-refractivity contribution < 1.29 is 9.59 Å². The summed E-state index contributed by atoms with van der Waals surface area (Å²) in [6.45, 7) is 6.66. The zero-order valence-corrected chi connectivity index (χ0v) is 13.4. The van der Waals surface area contributed by atoms with Crippen LogP contribution in [-0.2, 0) is 4.79 Å². The fourth-order valence-electron chi connectivity index (χ4n) is 3.13. The number of nitrogens with zero attached hydrogens (tertiary/aromatic N) is 2. The van der Waals surface area contributed by atoms with Crippen molar-refractivity contribution in [2.75, 3.05) is 26.2 Å². The van der Waals surface area contributed by atoms with Gasteiger partial charge in [0.1, 0.15) is 0 Å². The van der Waals surface area contributed by atoms with Gasteiger partial charge in [0.15, 0.2) is 0 Å². The van der Waals surface area contributed by atoms with Crippen LogP contribution in [0, 0.1) is 5.92 Å². The van der Waals surface area contributed by atoms with E-state index in [-0.39, 0.29) is 17.9 Å². The van der Waals surface area contributed by atoms with Gasteiger partial charge in [0.05, 0.1) is 0 Å². The van der Waals surface area contributed by atoms with E-state index in [2.05, 4.69) is 5.32 Å². The van der Waals surface area contributed by atoms with Gasteiger partial charge in [0.25, 0.3) is 0 Å². The number of nitrogens with one attached hydrogen (secondary N) is 1. The van der Waals surface area contributed by atoms with Crippen LogP contribution in [0.3, 0.4) is 0 Å². The van der Waals surface area contributed by atoms with E-state index in [1.165, 1.54) is 19.3 Å². The van der Waals surface area contributed by atoms with E-state index in [9.17, 15) is 9.59 Å². The summed E-state index contributed by atoms with van der Waals surface area (Å²) < 4.78 is 0. The average Bonchev–Trinajstić information content (AvgIpc) is 2.54. The van der Waals surface area contributed by atoms with Gasteiger partial charge in [-0.25, -0.2) is 4.79 Å². The van der Waals surface area contributed by atoms with Crippen molar-refractivity contribution in [3.63, 3.8) is 0 Å². The highest BCUT2D eigenvalue weighted by Gasteiger charge is 2.27. The normalized spacial score (nSPS) is 22.0. The Labute approximate surface area is 128 Å². The molecule has 1 heterocycles. The lowest BCUT2D eigenvalue weighted by molar-refractivity contribution is -0.136. The summed E-state index contributed by atoms with van der Waals surface area (Å²) in [7, 11) is 0. The van der Waals surface area contributed by atoms with E-state index in [1.807, 2.05) is 23.6 Å². The summed E-state index contributed by atoms with van der Waals surface area (Å²) in [5.41, 5.74) is 0. The molecule has 0 aromatic carbocycles. The lowest BCUT2D eigenvalue weighted by Crippen LogP contribution is -2.55. The predicted octanol–water partition coefficient (Wildman–Crippen LogP) is 2.22. The smallest absolute Gasteiger partial charge is 0.317 e. The highest BCUT2D eigenvalue weighted by Crippen LogP contribution is 2.18. The first-order chi connectivity index (χ1) is 10.1. The molecule has 0 radical (unpaired) electrons. The van der Waals surface area contributed by atoms with Crippen LogP contribution in [0.2, 0.25) is 0 Å². The van der Waals surface area contributed by atoms with Gasteiger partial charge in [-0.3, -0.25) is 4.79 Å². The van der Waals surface area contributed by atoms with E-state index < -0.39 is 0 Å². The maximum absolute atomic E-state index is 12.2. The van der Waals surface area contributed by atoms with E-state index >= 15 is 0 Å². The minimum absolute atomic E-state index is 0.0533. The second-order valence-corrected chi connectivity index (χ2v) is 6.41. The van der Waals surface area contributed by atoms with Gasteiger partial charge >= 0.3 is 6.03 Å². The SMILES string of the molecule is CCC(C)C(=O)N1CCN(C(=O)NC2CCCCC2)CC1. The maximum Gasteiger partial charge on any atom is 0.317 e. The zero-order valence-electron chi connectivity index (χ0n) is 13.4. The lowest BCUT2D eigenvalue weighted by atomic mass is 9.96. The lowest BCUT2D eigenvalue weighted by Gasteiger charge is -2.37. The number of carbonyl (C=O) groups excluding carboxylic acids is 2. The third-order valence-corrected chi connectivity index (χ3v) is 4.85. The van der Waals surface area contributed by atoms with Gasteiger partial charge in [0, 0.05) is 38.1 Å². The molecule has 2 rings (SSSR count). The largest absolute Gasteiger partial charge is 0.339 e. The molecular formula is C16H29N3O2. The van der Waals surface area contributed by atoms with Crippen LogP contribution in [0.1, 0.15) is 52.4 Å². The standard InChI is InChI=1S/C16H29N3O2/c1-3-13(2)15(20)18-9-11-19(12-10-18)16(21)17-14-7-5-4-6-8-14/h13-14H,3-12H2,1-2H3,(H,17,21). The molecule has 3 amide bonds. The van der Waals surface area contributed by atoms with Crippen LogP contribution in [0.4, 0.5) is 4.79 Å². The third-order valence-electron chi connectivity index (χ3n) is 4.85. The predicted molar refractivity (Wildman–Crippen MR) is 83.0 cm³/mol. The molecule has 21 heavy (non-hydrogen) atoms. The topological polar surface area (TPSA) is 52.7 Å². The maximum atomic E-state index is 12.2. The molecule has 5 nitrogen and oxygen atoms in total. The molecular weight excluding hydrogens is 266 g/mol. The van der Waals surface area contributed by atoms with E-state index in [1.54, 1.807) is 0 Å². The Morgan fingerprint density at radius 1 is 1.05 bits per heavy atom. The summed E-state index contributed by atoms with van der Waals surface area (Å²) in [6.07, 6.45) is 6.84. The first-order valence-electron chi connectivity index (χ1n) is 8.46. The molecule has 0 bridgehead atoms. The molecule has 1 saturated heterocycles. The molecule has 0 aromatic heterocycles.